The Hall–Kier alpha value is -4.46. The molecule has 36 heavy (non-hydrogen) atoms. The molecule has 1 amide bonds. The van der Waals surface area contributed by atoms with Crippen LogP contribution >= 0.6 is 0 Å². The number of hydrogen-bond donors (Lipinski definition) is 1. The Bertz CT molecular complexity index is 1540. The lowest BCUT2D eigenvalue weighted by molar-refractivity contribution is -0.116. The van der Waals surface area contributed by atoms with Crippen molar-refractivity contribution in [2.24, 2.45) is 0 Å². The lowest BCUT2D eigenvalue weighted by Gasteiger charge is -2.16. The summed E-state index contributed by atoms with van der Waals surface area (Å²) in [7, 11) is 2.91. The first kappa shape index (κ1) is 24.7. The van der Waals surface area contributed by atoms with Gasteiger partial charge in [-0.25, -0.2) is 4.39 Å². The lowest BCUT2D eigenvalue weighted by atomic mass is 9.98. The minimum atomic E-state index is -0.482. The third kappa shape index (κ3) is 4.84. The van der Waals surface area contributed by atoms with Gasteiger partial charge in [0.2, 0.25) is 11.3 Å². The molecule has 184 valence electrons. The number of nitrogens with zero attached hydrogens (tertiary/aromatic N) is 1. The van der Waals surface area contributed by atoms with Crippen LogP contribution in [0.3, 0.4) is 0 Å². The maximum atomic E-state index is 13.5. The van der Waals surface area contributed by atoms with Gasteiger partial charge in [0, 0.05) is 23.5 Å². The number of hydrogen-bond acceptors (Lipinski definition) is 5. The molecule has 7 nitrogen and oxygen atoms in total. The van der Waals surface area contributed by atoms with Gasteiger partial charge in [-0.05, 0) is 61.4 Å². The summed E-state index contributed by atoms with van der Waals surface area (Å²) in [5.41, 5.74) is 2.57. The third-order valence-electron chi connectivity index (χ3n) is 6.04. The summed E-state index contributed by atoms with van der Waals surface area (Å²) in [6, 6.07) is 13.7. The van der Waals surface area contributed by atoms with Crippen molar-refractivity contribution in [2.75, 3.05) is 19.5 Å². The molecule has 1 heterocycles. The predicted octanol–water partition coefficient (Wildman–Crippen LogP) is 4.64. The van der Waals surface area contributed by atoms with Gasteiger partial charge in [0.1, 0.15) is 12.4 Å². The van der Waals surface area contributed by atoms with E-state index in [1.54, 1.807) is 18.2 Å². The summed E-state index contributed by atoms with van der Waals surface area (Å²) < 4.78 is 25.5. The van der Waals surface area contributed by atoms with Crippen LogP contribution in [0.25, 0.3) is 10.9 Å². The first-order valence-electron chi connectivity index (χ1n) is 11.2. The number of carbonyl (C=O) groups is 2. The highest BCUT2D eigenvalue weighted by Crippen LogP contribution is 2.31. The van der Waals surface area contributed by atoms with E-state index < -0.39 is 22.9 Å². The van der Waals surface area contributed by atoms with Crippen LogP contribution in [0.15, 0.2) is 65.6 Å². The third-order valence-corrected chi connectivity index (χ3v) is 6.04. The number of benzene rings is 3. The fourth-order valence-corrected chi connectivity index (χ4v) is 3.94. The second kappa shape index (κ2) is 10.0. The molecule has 0 aliphatic rings. The molecule has 3 aromatic carbocycles. The Kier molecular flexibility index (Phi) is 6.87. The van der Waals surface area contributed by atoms with Gasteiger partial charge in [-0.15, -0.1) is 0 Å². The molecule has 0 saturated heterocycles. The first-order chi connectivity index (χ1) is 17.2. The van der Waals surface area contributed by atoms with Crippen molar-refractivity contribution in [2.45, 2.75) is 20.4 Å². The molecule has 0 atom stereocenters. The molecule has 8 heteroatoms. The molecule has 1 aromatic heterocycles. The number of methoxy groups -OCH3 is 2. The highest BCUT2D eigenvalue weighted by atomic mass is 19.1. The number of ketones is 1. The number of ether oxygens (including phenoxy) is 2. The van der Waals surface area contributed by atoms with Gasteiger partial charge in [-0.2, -0.15) is 0 Å². The molecule has 4 rings (SSSR count). The van der Waals surface area contributed by atoms with Crippen LogP contribution in [0.4, 0.5) is 10.1 Å². The van der Waals surface area contributed by atoms with Crippen molar-refractivity contribution in [3.05, 3.63) is 99.1 Å². The number of carbonyl (C=O) groups excluding carboxylic acids is 2. The van der Waals surface area contributed by atoms with Crippen LogP contribution in [0, 0.1) is 19.7 Å². The number of amides is 1. The monoisotopic (exact) mass is 488 g/mol. The number of aromatic nitrogens is 1. The normalized spacial score (nSPS) is 10.8. The van der Waals surface area contributed by atoms with Crippen LogP contribution in [0.5, 0.6) is 11.5 Å². The topological polar surface area (TPSA) is 86.6 Å². The van der Waals surface area contributed by atoms with Crippen LogP contribution in [-0.2, 0) is 11.3 Å². The minimum absolute atomic E-state index is 0.0763. The molecule has 0 fully saturated rings. The van der Waals surface area contributed by atoms with E-state index >= 15 is 0 Å². The summed E-state index contributed by atoms with van der Waals surface area (Å²) in [6.07, 6.45) is 1.39. The van der Waals surface area contributed by atoms with Crippen molar-refractivity contribution in [1.29, 1.82) is 0 Å². The van der Waals surface area contributed by atoms with Gasteiger partial charge in [-0.1, -0.05) is 12.1 Å². The molecular weight excluding hydrogens is 463 g/mol. The maximum Gasteiger partial charge on any atom is 0.244 e. The second-order valence-corrected chi connectivity index (χ2v) is 8.41. The van der Waals surface area contributed by atoms with E-state index in [2.05, 4.69) is 5.32 Å². The standard InChI is InChI=1S/C28H25FN2O5/c1-16-5-6-18(11-17(16)2)27(33)22-14-31(15-26(32)30-20-9-7-19(29)8-10-20)23-13-25(36-4)24(35-3)12-21(23)28(22)34/h5-14H,15H2,1-4H3,(H,30,32). The minimum Gasteiger partial charge on any atom is -0.493 e. The molecule has 0 aliphatic heterocycles. The molecule has 4 aromatic rings. The lowest BCUT2D eigenvalue weighted by Crippen LogP contribution is -2.24. The number of anilines is 1. The molecule has 0 aliphatic carbocycles. The van der Waals surface area contributed by atoms with Crippen molar-refractivity contribution >= 4 is 28.3 Å². The highest BCUT2D eigenvalue weighted by Gasteiger charge is 2.21. The van der Waals surface area contributed by atoms with Crippen LogP contribution in [0.2, 0.25) is 0 Å². The van der Waals surface area contributed by atoms with E-state index in [-0.39, 0.29) is 17.5 Å². The van der Waals surface area contributed by atoms with E-state index in [4.69, 9.17) is 9.47 Å². The van der Waals surface area contributed by atoms with Gasteiger partial charge in [0.15, 0.2) is 17.3 Å². The number of rotatable bonds is 7. The van der Waals surface area contributed by atoms with E-state index in [1.165, 1.54) is 55.3 Å². The van der Waals surface area contributed by atoms with Gasteiger partial charge in [0.25, 0.3) is 0 Å². The number of nitrogens with one attached hydrogen (secondary N) is 1. The Morgan fingerprint density at radius 2 is 1.58 bits per heavy atom. The average Bonchev–Trinajstić information content (AvgIpc) is 2.87. The zero-order valence-corrected chi connectivity index (χ0v) is 20.3. The number of pyridine rings is 1. The Balaban J connectivity index is 1.84. The van der Waals surface area contributed by atoms with Crippen molar-refractivity contribution in [3.63, 3.8) is 0 Å². The van der Waals surface area contributed by atoms with Gasteiger partial charge >= 0.3 is 0 Å². The zero-order valence-electron chi connectivity index (χ0n) is 20.3. The highest BCUT2D eigenvalue weighted by molar-refractivity contribution is 6.10. The zero-order chi connectivity index (χ0) is 26.0. The first-order valence-corrected chi connectivity index (χ1v) is 11.2. The molecule has 0 unspecified atom stereocenters. The summed E-state index contributed by atoms with van der Waals surface area (Å²) in [6.45, 7) is 3.62. The van der Waals surface area contributed by atoms with E-state index in [1.807, 2.05) is 19.9 Å². The number of aryl methyl sites for hydroxylation is 2. The summed E-state index contributed by atoms with van der Waals surface area (Å²) in [4.78, 5) is 39.7. The number of fused-ring (bicyclic) bond motifs is 1. The summed E-state index contributed by atoms with van der Waals surface area (Å²) in [5, 5.41) is 2.90. The fraction of sp³-hybridized carbons (Fsp3) is 0.179. The van der Waals surface area contributed by atoms with E-state index in [0.29, 0.717) is 28.3 Å². The molecule has 0 spiro atoms. The van der Waals surface area contributed by atoms with Gasteiger partial charge in [-0.3, -0.25) is 14.4 Å². The number of halogens is 1. The average molecular weight is 489 g/mol. The van der Waals surface area contributed by atoms with Crippen LogP contribution in [-0.4, -0.2) is 30.5 Å². The molecule has 0 saturated carbocycles. The predicted molar refractivity (Wildman–Crippen MR) is 136 cm³/mol. The quantitative estimate of drug-likeness (QED) is 0.383. The maximum absolute atomic E-state index is 13.5. The second-order valence-electron chi connectivity index (χ2n) is 8.41. The summed E-state index contributed by atoms with van der Waals surface area (Å²) in [5.74, 6) is -0.612. The Morgan fingerprint density at radius 3 is 2.22 bits per heavy atom. The van der Waals surface area contributed by atoms with Gasteiger partial charge in [0.05, 0.1) is 30.7 Å². The van der Waals surface area contributed by atoms with E-state index in [0.717, 1.165) is 11.1 Å². The SMILES string of the molecule is COc1cc2c(=O)c(C(=O)c3ccc(C)c(C)c3)cn(CC(=O)Nc3ccc(F)cc3)c2cc1OC. The summed E-state index contributed by atoms with van der Waals surface area (Å²) >= 11 is 0. The molecule has 1 N–H and O–H groups in total. The van der Waals surface area contributed by atoms with Crippen molar-refractivity contribution in [3.8, 4) is 11.5 Å². The van der Waals surface area contributed by atoms with E-state index in [9.17, 15) is 18.8 Å². The fourth-order valence-electron chi connectivity index (χ4n) is 3.94. The van der Waals surface area contributed by atoms with Gasteiger partial charge < -0.3 is 19.4 Å². The van der Waals surface area contributed by atoms with Crippen molar-refractivity contribution < 1.29 is 23.5 Å². The van der Waals surface area contributed by atoms with Crippen LogP contribution in [0.1, 0.15) is 27.0 Å². The van der Waals surface area contributed by atoms with Crippen LogP contribution < -0.4 is 20.2 Å². The largest absolute Gasteiger partial charge is 0.493 e. The molecular formula is C28H25FN2O5. The Morgan fingerprint density at radius 1 is 0.917 bits per heavy atom. The molecule has 0 radical (unpaired) electrons. The smallest absolute Gasteiger partial charge is 0.244 e. The molecule has 0 bridgehead atoms. The Labute approximate surface area is 207 Å². The van der Waals surface area contributed by atoms with Crippen molar-refractivity contribution in [1.82, 2.24) is 4.57 Å².